The Morgan fingerprint density at radius 3 is 2.79 bits per heavy atom. The third kappa shape index (κ3) is 3.93. The number of carbonyl (C=O) groups is 1. The van der Waals surface area contributed by atoms with Crippen molar-refractivity contribution in [3.8, 4) is 12.1 Å². The van der Waals surface area contributed by atoms with Crippen LogP contribution in [0, 0.1) is 22.7 Å². The summed E-state index contributed by atoms with van der Waals surface area (Å²) >= 11 is 1.78. The first-order chi connectivity index (χ1) is 11.2. The molecule has 0 unspecified atom stereocenters. The first-order valence-electron chi connectivity index (χ1n) is 7.52. The van der Waals surface area contributed by atoms with Crippen molar-refractivity contribution in [1.82, 2.24) is 10.2 Å². The Hall–Kier alpha value is -1.93. The van der Waals surface area contributed by atoms with Crippen molar-refractivity contribution >= 4 is 35.8 Å². The summed E-state index contributed by atoms with van der Waals surface area (Å²) in [6, 6.07) is 9.17. The molecule has 3 rings (SSSR count). The van der Waals surface area contributed by atoms with Crippen LogP contribution in [0.15, 0.2) is 18.2 Å². The van der Waals surface area contributed by atoms with Gasteiger partial charge in [0.25, 0.3) is 0 Å². The Kier molecular flexibility index (Phi) is 6.33. The SMILES string of the molecule is Cl.N#Cc1ccc(N[C@@H]2CN[C@H](C(=O)N3CCSC3)C2)cc1C#N. The molecule has 2 aliphatic heterocycles. The molecule has 2 saturated heterocycles. The molecule has 0 aromatic heterocycles. The minimum absolute atomic E-state index is 0. The van der Waals surface area contributed by atoms with E-state index in [2.05, 4.69) is 10.6 Å². The van der Waals surface area contributed by atoms with Gasteiger partial charge in [-0.15, -0.1) is 24.2 Å². The van der Waals surface area contributed by atoms with Crippen LogP contribution in [0.2, 0.25) is 0 Å². The van der Waals surface area contributed by atoms with Crippen molar-refractivity contribution in [2.45, 2.75) is 18.5 Å². The van der Waals surface area contributed by atoms with Crippen LogP contribution in [0.5, 0.6) is 0 Å². The van der Waals surface area contributed by atoms with Gasteiger partial charge in [0, 0.05) is 30.6 Å². The quantitative estimate of drug-likeness (QED) is 0.846. The number of amides is 1. The van der Waals surface area contributed by atoms with Crippen molar-refractivity contribution in [3.63, 3.8) is 0 Å². The van der Waals surface area contributed by atoms with Crippen LogP contribution in [0.25, 0.3) is 0 Å². The predicted octanol–water partition coefficient (Wildman–Crippen LogP) is 1.53. The molecular weight excluding hydrogens is 346 g/mol. The number of halogens is 1. The average Bonchev–Trinajstić information content (AvgIpc) is 3.26. The minimum atomic E-state index is -0.139. The second kappa shape index (κ2) is 8.25. The number of nitriles is 2. The molecule has 0 spiro atoms. The molecule has 1 amide bonds. The number of nitrogens with zero attached hydrogens (tertiary/aromatic N) is 3. The standard InChI is InChI=1S/C16H17N5OS.ClH/c17-7-11-1-2-13(5-12(11)8-18)20-14-6-15(19-9-14)16(22)21-3-4-23-10-21;/h1-2,5,14-15,19-20H,3-4,6,9-10H2;1H/t14-,15-;/m0./s1. The van der Waals surface area contributed by atoms with Gasteiger partial charge < -0.3 is 15.5 Å². The van der Waals surface area contributed by atoms with Crippen LogP contribution < -0.4 is 10.6 Å². The summed E-state index contributed by atoms with van der Waals surface area (Å²) in [5, 5.41) is 24.6. The average molecular weight is 364 g/mol. The monoisotopic (exact) mass is 363 g/mol. The number of carbonyl (C=O) groups excluding carboxylic acids is 1. The van der Waals surface area contributed by atoms with Gasteiger partial charge in [-0.1, -0.05) is 0 Å². The largest absolute Gasteiger partial charge is 0.381 e. The van der Waals surface area contributed by atoms with Crippen molar-refractivity contribution in [3.05, 3.63) is 29.3 Å². The first kappa shape index (κ1) is 18.4. The first-order valence-corrected chi connectivity index (χ1v) is 8.67. The maximum atomic E-state index is 12.4. The molecule has 6 nitrogen and oxygen atoms in total. The van der Waals surface area contributed by atoms with E-state index in [4.69, 9.17) is 10.5 Å². The lowest BCUT2D eigenvalue weighted by Gasteiger charge is -2.19. The highest BCUT2D eigenvalue weighted by molar-refractivity contribution is 7.99. The molecule has 0 saturated carbocycles. The van der Waals surface area contributed by atoms with Crippen LogP contribution in [0.4, 0.5) is 5.69 Å². The molecule has 2 fully saturated rings. The number of anilines is 1. The van der Waals surface area contributed by atoms with Gasteiger partial charge in [-0.2, -0.15) is 10.5 Å². The zero-order chi connectivity index (χ0) is 16.2. The van der Waals surface area contributed by atoms with E-state index < -0.39 is 0 Å². The highest BCUT2D eigenvalue weighted by Crippen LogP contribution is 2.21. The predicted molar refractivity (Wildman–Crippen MR) is 96.0 cm³/mol. The smallest absolute Gasteiger partial charge is 0.240 e. The van der Waals surface area contributed by atoms with E-state index in [0.29, 0.717) is 17.7 Å². The third-order valence-corrected chi connectivity index (χ3v) is 5.09. The van der Waals surface area contributed by atoms with Crippen LogP contribution >= 0.6 is 24.2 Å². The maximum Gasteiger partial charge on any atom is 0.240 e. The van der Waals surface area contributed by atoms with E-state index in [9.17, 15) is 4.79 Å². The fourth-order valence-electron chi connectivity index (χ4n) is 2.90. The summed E-state index contributed by atoms with van der Waals surface area (Å²) < 4.78 is 0. The molecule has 0 aliphatic carbocycles. The summed E-state index contributed by atoms with van der Waals surface area (Å²) in [4.78, 5) is 14.3. The molecule has 24 heavy (non-hydrogen) atoms. The fraction of sp³-hybridized carbons (Fsp3) is 0.438. The summed E-state index contributed by atoms with van der Waals surface area (Å²) in [5.74, 6) is 1.98. The lowest BCUT2D eigenvalue weighted by molar-refractivity contribution is -0.131. The zero-order valence-electron chi connectivity index (χ0n) is 13.0. The Bertz CT molecular complexity index is 693. The van der Waals surface area contributed by atoms with Gasteiger partial charge in [0.1, 0.15) is 12.1 Å². The van der Waals surface area contributed by atoms with Gasteiger partial charge in [-0.25, -0.2) is 0 Å². The number of benzene rings is 1. The van der Waals surface area contributed by atoms with E-state index in [0.717, 1.165) is 30.3 Å². The Morgan fingerprint density at radius 2 is 2.12 bits per heavy atom. The molecule has 2 atom stereocenters. The fourth-order valence-corrected chi connectivity index (χ4v) is 3.86. The summed E-state index contributed by atoms with van der Waals surface area (Å²) in [5.41, 5.74) is 1.55. The van der Waals surface area contributed by atoms with Crippen LogP contribution in [-0.2, 0) is 4.79 Å². The normalized spacial score (nSPS) is 22.3. The number of nitrogens with one attached hydrogen (secondary N) is 2. The van der Waals surface area contributed by atoms with Gasteiger partial charge in [0.2, 0.25) is 5.91 Å². The number of hydrogen-bond acceptors (Lipinski definition) is 6. The molecule has 2 heterocycles. The van der Waals surface area contributed by atoms with Gasteiger partial charge in [0.15, 0.2) is 0 Å². The Balaban J connectivity index is 0.00000208. The van der Waals surface area contributed by atoms with E-state index in [1.54, 1.807) is 30.0 Å². The maximum absolute atomic E-state index is 12.4. The van der Waals surface area contributed by atoms with Crippen LogP contribution in [0.1, 0.15) is 17.5 Å². The van der Waals surface area contributed by atoms with Crippen LogP contribution in [-0.4, -0.2) is 47.6 Å². The van der Waals surface area contributed by atoms with Crippen molar-refractivity contribution in [2.75, 3.05) is 30.0 Å². The third-order valence-electron chi connectivity index (χ3n) is 4.12. The summed E-state index contributed by atoms with van der Waals surface area (Å²) in [7, 11) is 0. The van der Waals surface area contributed by atoms with Gasteiger partial charge in [0.05, 0.1) is 23.0 Å². The van der Waals surface area contributed by atoms with Crippen molar-refractivity contribution < 1.29 is 4.79 Å². The molecular formula is C16H18ClN5OS. The molecule has 0 bridgehead atoms. The highest BCUT2D eigenvalue weighted by atomic mass is 35.5. The molecule has 8 heteroatoms. The number of rotatable bonds is 3. The second-order valence-electron chi connectivity index (χ2n) is 5.66. The Morgan fingerprint density at radius 1 is 1.33 bits per heavy atom. The van der Waals surface area contributed by atoms with E-state index >= 15 is 0 Å². The molecule has 1 aromatic rings. The minimum Gasteiger partial charge on any atom is -0.381 e. The molecule has 0 radical (unpaired) electrons. The zero-order valence-corrected chi connectivity index (χ0v) is 14.6. The van der Waals surface area contributed by atoms with E-state index in [-0.39, 0.29) is 30.4 Å². The number of hydrogen-bond donors (Lipinski definition) is 2. The highest BCUT2D eigenvalue weighted by Gasteiger charge is 2.33. The van der Waals surface area contributed by atoms with Gasteiger partial charge in [-0.3, -0.25) is 4.79 Å². The molecule has 2 aliphatic rings. The molecule has 126 valence electrons. The second-order valence-corrected chi connectivity index (χ2v) is 6.74. The summed E-state index contributed by atoms with van der Waals surface area (Å²) in [6.45, 7) is 1.54. The van der Waals surface area contributed by atoms with Gasteiger partial charge >= 0.3 is 0 Å². The lowest BCUT2D eigenvalue weighted by atomic mass is 10.1. The Labute approximate surface area is 151 Å². The van der Waals surface area contributed by atoms with E-state index in [1.807, 2.05) is 17.0 Å². The molecule has 1 aromatic carbocycles. The lowest BCUT2D eigenvalue weighted by Crippen LogP contribution is -2.42. The van der Waals surface area contributed by atoms with Gasteiger partial charge in [-0.05, 0) is 24.6 Å². The number of thioether (sulfide) groups is 1. The molecule has 2 N–H and O–H groups in total. The van der Waals surface area contributed by atoms with Crippen LogP contribution in [0.3, 0.4) is 0 Å². The summed E-state index contributed by atoms with van der Waals surface area (Å²) in [6.07, 6.45) is 0.724. The van der Waals surface area contributed by atoms with Crippen molar-refractivity contribution in [1.29, 1.82) is 10.5 Å². The van der Waals surface area contributed by atoms with E-state index in [1.165, 1.54) is 0 Å². The van der Waals surface area contributed by atoms with Crippen molar-refractivity contribution in [2.24, 2.45) is 0 Å². The topological polar surface area (TPSA) is 91.9 Å².